The Bertz CT molecular complexity index is 2600. The molecule has 0 spiro atoms. The van der Waals surface area contributed by atoms with Gasteiger partial charge in [-0.2, -0.15) is 0 Å². The maximum absolute atomic E-state index is 6.94. The van der Waals surface area contributed by atoms with E-state index in [1.165, 1.54) is 38.6 Å². The van der Waals surface area contributed by atoms with Crippen molar-refractivity contribution in [1.29, 1.82) is 0 Å². The second-order valence-electron chi connectivity index (χ2n) is 13.1. The Hall–Kier alpha value is -6.19. The summed E-state index contributed by atoms with van der Waals surface area (Å²) in [6.45, 7) is 6.67. The van der Waals surface area contributed by atoms with Gasteiger partial charge in [0.25, 0.3) is 0 Å². The quantitative estimate of drug-likeness (QED) is 0.180. The number of furan rings is 1. The van der Waals surface area contributed by atoms with Crippen LogP contribution in [0.4, 0.5) is 0 Å². The molecule has 0 fully saturated rings. The molecule has 1 unspecified atom stereocenters. The Morgan fingerprint density at radius 1 is 0.700 bits per heavy atom. The molecule has 5 aromatic carbocycles. The summed E-state index contributed by atoms with van der Waals surface area (Å²) in [5, 5.41) is 3.72. The van der Waals surface area contributed by atoms with E-state index in [0.717, 1.165) is 56.2 Å². The molecule has 1 aliphatic rings. The van der Waals surface area contributed by atoms with Gasteiger partial charge in [0, 0.05) is 34.2 Å². The van der Waals surface area contributed by atoms with E-state index < -0.39 is 0 Å². The highest BCUT2D eigenvalue weighted by atomic mass is 16.3. The van der Waals surface area contributed by atoms with E-state index in [4.69, 9.17) is 9.40 Å². The normalized spacial score (nSPS) is 14.1. The highest BCUT2D eigenvalue weighted by Crippen LogP contribution is 2.50. The van der Waals surface area contributed by atoms with Crippen molar-refractivity contribution in [3.8, 4) is 39.5 Å². The van der Waals surface area contributed by atoms with Gasteiger partial charge in [0.15, 0.2) is 0 Å². The topological polar surface area (TPSA) is 31.0 Å². The van der Waals surface area contributed by atoms with Crippen LogP contribution in [-0.4, -0.2) is 9.55 Å². The van der Waals surface area contributed by atoms with Gasteiger partial charge in [-0.25, -0.2) is 4.98 Å². The average molecular weight is 645 g/mol. The van der Waals surface area contributed by atoms with Gasteiger partial charge in [0.05, 0.1) is 11.2 Å². The summed E-state index contributed by atoms with van der Waals surface area (Å²) in [7, 11) is 0. The van der Waals surface area contributed by atoms with E-state index in [2.05, 4.69) is 171 Å². The van der Waals surface area contributed by atoms with Gasteiger partial charge in [-0.1, -0.05) is 122 Å². The average Bonchev–Trinajstić information content (AvgIpc) is 3.89. The van der Waals surface area contributed by atoms with Crippen LogP contribution >= 0.6 is 0 Å². The van der Waals surface area contributed by atoms with E-state index in [1.54, 1.807) is 0 Å². The van der Waals surface area contributed by atoms with Gasteiger partial charge in [-0.3, -0.25) is 4.57 Å². The zero-order valence-electron chi connectivity index (χ0n) is 28.4. The molecule has 3 aromatic heterocycles. The van der Waals surface area contributed by atoms with Crippen molar-refractivity contribution in [2.75, 3.05) is 0 Å². The van der Waals surface area contributed by atoms with Crippen LogP contribution < -0.4 is 0 Å². The number of rotatable bonds is 6. The van der Waals surface area contributed by atoms with E-state index in [-0.39, 0.29) is 5.92 Å². The van der Waals surface area contributed by atoms with Gasteiger partial charge in [-0.05, 0) is 94.4 Å². The van der Waals surface area contributed by atoms with Crippen molar-refractivity contribution >= 4 is 39.4 Å². The second kappa shape index (κ2) is 12.0. The monoisotopic (exact) mass is 644 g/mol. The van der Waals surface area contributed by atoms with Crippen molar-refractivity contribution in [3.05, 3.63) is 174 Å². The number of aromatic nitrogens is 2. The Morgan fingerprint density at radius 3 is 2.14 bits per heavy atom. The lowest BCUT2D eigenvalue weighted by atomic mass is 9.86. The minimum Gasteiger partial charge on any atom is -0.456 e. The molecular weight excluding hydrogens is 609 g/mol. The van der Waals surface area contributed by atoms with Crippen LogP contribution in [0.5, 0.6) is 0 Å². The lowest BCUT2D eigenvalue weighted by Gasteiger charge is -2.17. The second-order valence-corrected chi connectivity index (χ2v) is 13.1. The maximum atomic E-state index is 6.94. The number of hydrogen-bond acceptors (Lipinski definition) is 2. The zero-order valence-corrected chi connectivity index (χ0v) is 28.4. The number of pyridine rings is 1. The maximum Gasteiger partial charge on any atom is 0.137 e. The minimum absolute atomic E-state index is 0.197. The third kappa shape index (κ3) is 4.62. The smallest absolute Gasteiger partial charge is 0.137 e. The standard InChI is InChI=1S/C47H36N2O/c1-4-16-34-30(2)44-31(3)38(29-39(44)36-22-12-11-21-35(34)36)42-27-26-41(50-42)37-23-15-24-40-46(37)45(32-17-7-5-8-18-32)47(33-19-9-6-10-20-33)49(40)43-25-13-14-28-48-43/h4-29,31H,1-3H3/b16-4-. The molecule has 0 radical (unpaired) electrons. The molecule has 0 aliphatic heterocycles. The number of allylic oxidation sites excluding steroid dienone is 2. The van der Waals surface area contributed by atoms with Crippen LogP contribution in [-0.2, 0) is 0 Å². The lowest BCUT2D eigenvalue weighted by Crippen LogP contribution is -1.99. The SMILES string of the molecule is C/C=C\c1c(C)c2c(c3ccccc13)C=C(c1ccc(-c3cccc4c3c(-c3ccccc3)c(-c3ccccc3)n4-c3ccccn3)o1)C2C. The number of hydrogen-bond donors (Lipinski definition) is 0. The fourth-order valence-electron chi connectivity index (χ4n) is 8.12. The molecule has 8 aromatic rings. The summed E-state index contributed by atoms with van der Waals surface area (Å²) in [6, 6.07) is 47.0. The molecule has 0 N–H and O–H groups in total. The number of nitrogens with zero attached hydrogens (tertiary/aromatic N) is 2. The Balaban J connectivity index is 1.27. The van der Waals surface area contributed by atoms with Crippen molar-refractivity contribution in [3.63, 3.8) is 0 Å². The van der Waals surface area contributed by atoms with Gasteiger partial charge < -0.3 is 4.42 Å². The van der Waals surface area contributed by atoms with Crippen molar-refractivity contribution in [2.45, 2.75) is 26.7 Å². The first-order valence-electron chi connectivity index (χ1n) is 17.3. The van der Waals surface area contributed by atoms with Crippen molar-refractivity contribution in [2.24, 2.45) is 0 Å². The van der Waals surface area contributed by atoms with Gasteiger partial charge in [0.1, 0.15) is 17.3 Å². The lowest BCUT2D eigenvalue weighted by molar-refractivity contribution is 0.564. The van der Waals surface area contributed by atoms with Crippen molar-refractivity contribution < 1.29 is 4.42 Å². The fraction of sp³-hybridized carbons (Fsp3) is 0.0851. The molecule has 1 aliphatic carbocycles. The first-order valence-corrected chi connectivity index (χ1v) is 17.3. The van der Waals surface area contributed by atoms with Gasteiger partial charge in [-0.15, -0.1) is 0 Å². The molecule has 9 rings (SSSR count). The molecule has 3 nitrogen and oxygen atoms in total. The Kier molecular flexibility index (Phi) is 7.21. The van der Waals surface area contributed by atoms with E-state index in [9.17, 15) is 0 Å². The number of fused-ring (bicyclic) bond motifs is 4. The third-order valence-corrected chi connectivity index (χ3v) is 10.3. The summed E-state index contributed by atoms with van der Waals surface area (Å²) in [5.74, 6) is 2.83. The third-order valence-electron chi connectivity index (χ3n) is 10.3. The van der Waals surface area contributed by atoms with Crippen molar-refractivity contribution in [1.82, 2.24) is 9.55 Å². The molecule has 50 heavy (non-hydrogen) atoms. The molecule has 0 saturated carbocycles. The molecule has 1 atom stereocenters. The van der Waals surface area contributed by atoms with Crippen LogP contribution in [0.1, 0.15) is 47.8 Å². The molecule has 240 valence electrons. The molecular formula is C47H36N2O. The summed E-state index contributed by atoms with van der Waals surface area (Å²) in [4.78, 5) is 4.85. The Labute approximate surface area is 292 Å². The van der Waals surface area contributed by atoms with E-state index in [0.29, 0.717) is 0 Å². The molecule has 3 heteroatoms. The summed E-state index contributed by atoms with van der Waals surface area (Å²) in [5.41, 5.74) is 13.2. The van der Waals surface area contributed by atoms with E-state index >= 15 is 0 Å². The Morgan fingerprint density at radius 2 is 1.40 bits per heavy atom. The molecule has 3 heterocycles. The van der Waals surface area contributed by atoms with Crippen LogP contribution in [0.15, 0.2) is 150 Å². The van der Waals surface area contributed by atoms with Crippen LogP contribution in [0.2, 0.25) is 0 Å². The van der Waals surface area contributed by atoms with Gasteiger partial charge in [0.2, 0.25) is 0 Å². The first kappa shape index (κ1) is 29.9. The van der Waals surface area contributed by atoms with Gasteiger partial charge >= 0.3 is 0 Å². The minimum atomic E-state index is 0.197. The summed E-state index contributed by atoms with van der Waals surface area (Å²) in [6.07, 6.45) is 8.61. The molecule has 0 amide bonds. The first-order chi connectivity index (χ1) is 24.6. The number of benzene rings is 5. The predicted octanol–water partition coefficient (Wildman–Crippen LogP) is 12.8. The molecule has 0 saturated heterocycles. The predicted molar refractivity (Wildman–Crippen MR) is 209 cm³/mol. The summed E-state index contributed by atoms with van der Waals surface area (Å²) < 4.78 is 9.24. The fourth-order valence-corrected chi connectivity index (χ4v) is 8.12. The van der Waals surface area contributed by atoms with Crippen LogP contribution in [0.3, 0.4) is 0 Å². The summed E-state index contributed by atoms with van der Waals surface area (Å²) >= 11 is 0. The van der Waals surface area contributed by atoms with Crippen LogP contribution in [0, 0.1) is 6.92 Å². The largest absolute Gasteiger partial charge is 0.456 e. The zero-order chi connectivity index (χ0) is 33.8. The highest BCUT2D eigenvalue weighted by molar-refractivity contribution is 6.12. The van der Waals surface area contributed by atoms with Crippen LogP contribution in [0.25, 0.3) is 78.9 Å². The van der Waals surface area contributed by atoms with E-state index in [1.807, 2.05) is 12.3 Å². The highest BCUT2D eigenvalue weighted by Gasteiger charge is 2.30. The molecule has 0 bridgehead atoms.